The van der Waals surface area contributed by atoms with Crippen molar-refractivity contribution in [3.8, 4) is 0 Å². The summed E-state index contributed by atoms with van der Waals surface area (Å²) in [6.45, 7) is 2.20. The topological polar surface area (TPSA) is 97.9 Å². The third-order valence-electron chi connectivity index (χ3n) is 3.87. The Morgan fingerprint density at radius 3 is 2.79 bits per heavy atom. The summed E-state index contributed by atoms with van der Waals surface area (Å²) in [4.78, 5) is 16.6. The van der Waals surface area contributed by atoms with Crippen molar-refractivity contribution in [1.82, 2.24) is 20.1 Å². The van der Waals surface area contributed by atoms with Crippen LogP contribution in [0, 0.1) is 0 Å². The number of nitrogens with one attached hydrogen (secondary N) is 2. The van der Waals surface area contributed by atoms with Gasteiger partial charge >= 0.3 is 6.03 Å². The Balaban J connectivity index is 1.76. The number of carbonyl (C=O) groups is 1. The van der Waals surface area contributed by atoms with E-state index in [0.717, 1.165) is 16.5 Å². The molecule has 0 spiro atoms. The molecule has 0 fully saturated rings. The van der Waals surface area contributed by atoms with Crippen molar-refractivity contribution in [1.29, 1.82) is 0 Å². The standard InChI is InChI=1S/C17H20N6O/c1-11(12-6-4-3-5-7-12)20-17(24)22-15-8-13-10-19-23(2)16(13)14(9-18)21-15/h3-8,10-11H,9,18H2,1-2H3,(H2,20,21,22,24). The third kappa shape index (κ3) is 3.21. The summed E-state index contributed by atoms with van der Waals surface area (Å²) in [7, 11) is 1.84. The van der Waals surface area contributed by atoms with Crippen LogP contribution in [0.5, 0.6) is 0 Å². The SMILES string of the molecule is CC(NC(=O)Nc1cc2cnn(C)c2c(CN)n1)c1ccccc1. The molecule has 1 aromatic carbocycles. The van der Waals surface area contributed by atoms with Crippen molar-refractivity contribution < 1.29 is 4.79 Å². The molecule has 1 unspecified atom stereocenters. The van der Waals surface area contributed by atoms with Gasteiger partial charge in [-0.2, -0.15) is 5.10 Å². The van der Waals surface area contributed by atoms with Crippen molar-refractivity contribution in [3.63, 3.8) is 0 Å². The summed E-state index contributed by atoms with van der Waals surface area (Å²) in [5.41, 5.74) is 8.37. The molecule has 2 amide bonds. The molecule has 3 aromatic rings. The van der Waals surface area contributed by atoms with Crippen LogP contribution in [-0.2, 0) is 13.6 Å². The molecule has 0 radical (unpaired) electrons. The fraction of sp³-hybridized carbons (Fsp3) is 0.235. The van der Waals surface area contributed by atoms with Crippen LogP contribution in [0.3, 0.4) is 0 Å². The summed E-state index contributed by atoms with van der Waals surface area (Å²) in [6.07, 6.45) is 1.73. The van der Waals surface area contributed by atoms with Gasteiger partial charge in [-0.3, -0.25) is 10.00 Å². The van der Waals surface area contributed by atoms with Gasteiger partial charge in [-0.25, -0.2) is 9.78 Å². The largest absolute Gasteiger partial charge is 0.331 e. The van der Waals surface area contributed by atoms with Gasteiger partial charge in [-0.05, 0) is 18.6 Å². The molecule has 7 nitrogen and oxygen atoms in total. The zero-order valence-corrected chi connectivity index (χ0v) is 13.7. The van der Waals surface area contributed by atoms with E-state index in [2.05, 4.69) is 20.7 Å². The van der Waals surface area contributed by atoms with Crippen LogP contribution in [0.1, 0.15) is 24.2 Å². The first kappa shape index (κ1) is 15.9. The van der Waals surface area contributed by atoms with Crippen LogP contribution in [0.2, 0.25) is 0 Å². The van der Waals surface area contributed by atoms with E-state index in [4.69, 9.17) is 5.73 Å². The number of carbonyl (C=O) groups excluding carboxylic acids is 1. The lowest BCUT2D eigenvalue weighted by molar-refractivity contribution is 0.249. The molecule has 0 bridgehead atoms. The van der Waals surface area contributed by atoms with Gasteiger partial charge < -0.3 is 11.1 Å². The zero-order valence-electron chi connectivity index (χ0n) is 13.7. The van der Waals surface area contributed by atoms with Gasteiger partial charge in [-0.1, -0.05) is 30.3 Å². The van der Waals surface area contributed by atoms with Gasteiger partial charge in [0, 0.05) is 19.0 Å². The highest BCUT2D eigenvalue weighted by molar-refractivity contribution is 5.92. The van der Waals surface area contributed by atoms with E-state index in [1.165, 1.54) is 0 Å². The van der Waals surface area contributed by atoms with Gasteiger partial charge in [-0.15, -0.1) is 0 Å². The highest BCUT2D eigenvalue weighted by Crippen LogP contribution is 2.20. The van der Waals surface area contributed by atoms with Crippen LogP contribution in [0.25, 0.3) is 10.9 Å². The van der Waals surface area contributed by atoms with Crippen LogP contribution in [-0.4, -0.2) is 20.8 Å². The molecule has 4 N–H and O–H groups in total. The minimum Gasteiger partial charge on any atom is -0.331 e. The maximum Gasteiger partial charge on any atom is 0.320 e. The molecule has 0 aliphatic rings. The molecule has 124 valence electrons. The number of hydrogen-bond acceptors (Lipinski definition) is 4. The van der Waals surface area contributed by atoms with Gasteiger partial charge in [0.2, 0.25) is 0 Å². The Morgan fingerprint density at radius 2 is 2.08 bits per heavy atom. The number of anilines is 1. The maximum atomic E-state index is 12.2. The highest BCUT2D eigenvalue weighted by atomic mass is 16.2. The number of amides is 2. The molecule has 0 saturated heterocycles. The van der Waals surface area contributed by atoms with E-state index in [9.17, 15) is 4.79 Å². The number of pyridine rings is 1. The van der Waals surface area contributed by atoms with Crippen molar-refractivity contribution in [2.45, 2.75) is 19.5 Å². The monoisotopic (exact) mass is 324 g/mol. The normalized spacial score (nSPS) is 12.1. The number of aromatic nitrogens is 3. The minimum atomic E-state index is -0.315. The second-order valence-corrected chi connectivity index (χ2v) is 5.60. The molecule has 0 saturated carbocycles. The van der Waals surface area contributed by atoms with Crippen LogP contribution < -0.4 is 16.4 Å². The molecular formula is C17H20N6O. The molecule has 24 heavy (non-hydrogen) atoms. The van der Waals surface area contributed by atoms with Crippen molar-refractivity contribution in [2.24, 2.45) is 12.8 Å². The van der Waals surface area contributed by atoms with Crippen molar-refractivity contribution in [3.05, 3.63) is 53.9 Å². The maximum absolute atomic E-state index is 12.2. The lowest BCUT2D eigenvalue weighted by Crippen LogP contribution is -2.31. The first-order valence-electron chi connectivity index (χ1n) is 7.72. The van der Waals surface area contributed by atoms with Crippen LogP contribution >= 0.6 is 0 Å². The minimum absolute atomic E-state index is 0.109. The number of nitrogens with two attached hydrogens (primary N) is 1. The quantitative estimate of drug-likeness (QED) is 0.686. The molecule has 1 atom stereocenters. The summed E-state index contributed by atoms with van der Waals surface area (Å²) in [5.74, 6) is 0.453. The van der Waals surface area contributed by atoms with E-state index in [1.54, 1.807) is 16.9 Å². The number of nitrogens with zero attached hydrogens (tertiary/aromatic N) is 3. The number of fused-ring (bicyclic) bond motifs is 1. The van der Waals surface area contributed by atoms with Crippen molar-refractivity contribution >= 4 is 22.8 Å². The van der Waals surface area contributed by atoms with E-state index >= 15 is 0 Å². The van der Waals surface area contributed by atoms with Gasteiger partial charge in [0.1, 0.15) is 5.82 Å². The number of aryl methyl sites for hydroxylation is 1. The lowest BCUT2D eigenvalue weighted by Gasteiger charge is -2.15. The Morgan fingerprint density at radius 1 is 1.33 bits per heavy atom. The summed E-state index contributed by atoms with van der Waals surface area (Å²) in [5, 5.41) is 10.8. The second kappa shape index (κ2) is 6.67. The summed E-state index contributed by atoms with van der Waals surface area (Å²) in [6, 6.07) is 11.1. The third-order valence-corrected chi connectivity index (χ3v) is 3.87. The lowest BCUT2D eigenvalue weighted by atomic mass is 10.1. The zero-order chi connectivity index (χ0) is 17.1. The van der Waals surface area contributed by atoms with Crippen molar-refractivity contribution in [2.75, 3.05) is 5.32 Å². The van der Waals surface area contributed by atoms with E-state index in [0.29, 0.717) is 11.5 Å². The molecule has 3 rings (SSSR count). The number of benzene rings is 1. The van der Waals surface area contributed by atoms with Gasteiger partial charge in [0.25, 0.3) is 0 Å². The predicted octanol–water partition coefficient (Wildman–Crippen LogP) is 2.31. The van der Waals surface area contributed by atoms with Crippen LogP contribution in [0.4, 0.5) is 10.6 Å². The molecule has 2 aromatic heterocycles. The molecule has 2 heterocycles. The number of hydrogen-bond donors (Lipinski definition) is 3. The fourth-order valence-electron chi connectivity index (χ4n) is 2.67. The fourth-order valence-corrected chi connectivity index (χ4v) is 2.67. The Hall–Kier alpha value is -2.93. The summed E-state index contributed by atoms with van der Waals surface area (Å²) >= 11 is 0. The van der Waals surface area contributed by atoms with E-state index in [1.807, 2.05) is 44.3 Å². The molecule has 7 heteroatoms. The number of rotatable bonds is 4. The Labute approximate surface area is 139 Å². The second-order valence-electron chi connectivity index (χ2n) is 5.60. The van der Waals surface area contributed by atoms with Gasteiger partial charge in [0.15, 0.2) is 0 Å². The first-order chi connectivity index (χ1) is 11.6. The van der Waals surface area contributed by atoms with Gasteiger partial charge in [0.05, 0.1) is 23.4 Å². The Kier molecular flexibility index (Phi) is 4.43. The summed E-state index contributed by atoms with van der Waals surface area (Å²) < 4.78 is 1.73. The molecular weight excluding hydrogens is 304 g/mol. The number of urea groups is 1. The van der Waals surface area contributed by atoms with Crippen LogP contribution in [0.15, 0.2) is 42.6 Å². The average molecular weight is 324 g/mol. The smallest absolute Gasteiger partial charge is 0.320 e. The predicted molar refractivity (Wildman–Crippen MR) is 93.4 cm³/mol. The molecule has 0 aliphatic carbocycles. The average Bonchev–Trinajstić information content (AvgIpc) is 2.96. The van der Waals surface area contributed by atoms with E-state index < -0.39 is 0 Å². The Bertz CT molecular complexity index is 858. The first-order valence-corrected chi connectivity index (χ1v) is 7.72. The molecule has 0 aliphatic heterocycles. The highest BCUT2D eigenvalue weighted by Gasteiger charge is 2.13. The van der Waals surface area contributed by atoms with E-state index in [-0.39, 0.29) is 18.6 Å².